The van der Waals surface area contributed by atoms with Crippen molar-refractivity contribution in [3.05, 3.63) is 75.6 Å². The number of alkyl halides is 3. The van der Waals surface area contributed by atoms with E-state index in [1.165, 1.54) is 23.4 Å². The average Bonchev–Trinajstić information content (AvgIpc) is 3.48. The van der Waals surface area contributed by atoms with Crippen molar-refractivity contribution < 1.29 is 32.3 Å². The maximum Gasteiger partial charge on any atom is 0.434 e. The van der Waals surface area contributed by atoms with Crippen molar-refractivity contribution >= 4 is 34.9 Å². The lowest BCUT2D eigenvalue weighted by atomic mass is 10.1. The van der Waals surface area contributed by atoms with Crippen molar-refractivity contribution in [3.63, 3.8) is 0 Å². The minimum atomic E-state index is -4.60. The van der Waals surface area contributed by atoms with E-state index >= 15 is 0 Å². The summed E-state index contributed by atoms with van der Waals surface area (Å²) < 4.78 is 46.3. The highest BCUT2D eigenvalue weighted by Gasteiger charge is 2.36. The summed E-state index contributed by atoms with van der Waals surface area (Å²) in [6.07, 6.45) is -1.52. The molecule has 45 heavy (non-hydrogen) atoms. The first-order chi connectivity index (χ1) is 21.2. The van der Waals surface area contributed by atoms with Crippen molar-refractivity contribution in [1.29, 1.82) is 0 Å². The normalized spacial score (nSPS) is 16.2. The second kappa shape index (κ2) is 13.7. The number of amides is 3. The number of ether oxygens (including phenoxy) is 1. The largest absolute Gasteiger partial charge is 0.480 e. The fourth-order valence-corrected chi connectivity index (χ4v) is 5.72. The topological polar surface area (TPSA) is 121 Å². The lowest BCUT2D eigenvalue weighted by Crippen LogP contribution is -2.54. The predicted octanol–water partition coefficient (Wildman–Crippen LogP) is 4.36. The summed E-state index contributed by atoms with van der Waals surface area (Å²) in [5, 5.41) is 3.79. The molecule has 4 heterocycles. The van der Waals surface area contributed by atoms with E-state index in [0.717, 1.165) is 16.7 Å². The van der Waals surface area contributed by atoms with Gasteiger partial charge in [0.15, 0.2) is 11.8 Å². The van der Waals surface area contributed by atoms with Gasteiger partial charge in [0, 0.05) is 57.9 Å². The predicted molar refractivity (Wildman–Crippen MR) is 162 cm³/mol. The van der Waals surface area contributed by atoms with Gasteiger partial charge in [-0.2, -0.15) is 13.2 Å². The Balaban J connectivity index is 1.52. The number of piperazine rings is 1. The van der Waals surface area contributed by atoms with Crippen LogP contribution in [0, 0.1) is 13.8 Å². The third-order valence-corrected chi connectivity index (χ3v) is 8.13. The first kappa shape index (κ1) is 33.5. The Morgan fingerprint density at radius 3 is 2.49 bits per heavy atom. The summed E-state index contributed by atoms with van der Waals surface area (Å²) in [6, 6.07) is 3.06. The van der Waals surface area contributed by atoms with Crippen LogP contribution in [0.15, 0.2) is 42.6 Å². The average molecular weight is 646 g/mol. The van der Waals surface area contributed by atoms with Crippen LogP contribution >= 0.6 is 11.3 Å². The van der Waals surface area contributed by atoms with Crippen LogP contribution in [0.1, 0.15) is 55.7 Å². The fraction of sp³-hybridized carbons (Fsp3) is 0.400. The highest BCUT2D eigenvalue weighted by atomic mass is 32.1. The first-order valence-corrected chi connectivity index (χ1v) is 14.9. The number of pyridine rings is 2. The number of halogens is 3. The number of thiazole rings is 1. The molecular formula is C30H34F3N7O4S. The molecule has 0 radical (unpaired) electrons. The molecule has 0 spiro atoms. The number of hydrogen-bond acceptors (Lipinski definition) is 9. The lowest BCUT2D eigenvalue weighted by molar-refractivity contribution is -0.140. The van der Waals surface area contributed by atoms with Gasteiger partial charge in [0.2, 0.25) is 5.91 Å². The molecule has 4 rings (SSSR count). The molecule has 0 saturated carbocycles. The third-order valence-electron chi connectivity index (χ3n) is 7.19. The highest BCUT2D eigenvalue weighted by Crippen LogP contribution is 2.34. The number of anilines is 1. The van der Waals surface area contributed by atoms with Crippen molar-refractivity contribution in [2.45, 2.75) is 39.1 Å². The molecule has 3 aromatic heterocycles. The van der Waals surface area contributed by atoms with Gasteiger partial charge in [0.05, 0.1) is 11.8 Å². The Kier molecular flexibility index (Phi) is 10.2. The van der Waals surface area contributed by atoms with E-state index in [1.54, 1.807) is 45.0 Å². The van der Waals surface area contributed by atoms with E-state index in [1.807, 2.05) is 11.8 Å². The highest BCUT2D eigenvalue weighted by molar-refractivity contribution is 7.09. The van der Waals surface area contributed by atoms with Crippen LogP contribution in [0.2, 0.25) is 0 Å². The number of aryl methyl sites for hydroxylation is 2. The molecule has 0 aliphatic carbocycles. The number of aromatic nitrogens is 3. The van der Waals surface area contributed by atoms with Crippen molar-refractivity contribution in [3.8, 4) is 5.75 Å². The van der Waals surface area contributed by atoms with E-state index in [4.69, 9.17) is 4.74 Å². The summed E-state index contributed by atoms with van der Waals surface area (Å²) in [5.41, 5.74) is 0.516. The third kappa shape index (κ3) is 8.02. The molecule has 1 aliphatic rings. The van der Waals surface area contributed by atoms with E-state index in [2.05, 4.69) is 26.8 Å². The van der Waals surface area contributed by atoms with E-state index in [-0.39, 0.29) is 46.7 Å². The standard InChI is InChI=1S/C30H34F3N7O4S/c1-7-24(41)40-9-8-39(14-19(40)4)15-22(28-36-23(16-45-28)30(31,32)33)44-21-11-17(2)25(34-13-21)27(42)37-26-18(3)10-20(12-35-26)29(43)38(5)6/h7,10-13,16,19,22H,1,8-9,14-15H2,2-6H3,(H,35,37,42)/t19-,22?/m1/s1. The van der Waals surface area contributed by atoms with Gasteiger partial charge >= 0.3 is 6.18 Å². The second-order valence-electron chi connectivity index (χ2n) is 10.9. The molecule has 1 fully saturated rings. The van der Waals surface area contributed by atoms with Gasteiger partial charge in [0.25, 0.3) is 11.8 Å². The molecule has 1 aliphatic heterocycles. The number of hydrogen-bond donors (Lipinski definition) is 1. The molecule has 3 aromatic rings. The van der Waals surface area contributed by atoms with Gasteiger partial charge in [-0.25, -0.2) is 15.0 Å². The van der Waals surface area contributed by atoms with Crippen LogP contribution in [0.25, 0.3) is 0 Å². The van der Waals surface area contributed by atoms with Gasteiger partial charge in [0.1, 0.15) is 22.3 Å². The summed E-state index contributed by atoms with van der Waals surface area (Å²) in [6.45, 7) is 10.4. The second-order valence-corrected chi connectivity index (χ2v) is 11.8. The van der Waals surface area contributed by atoms with Crippen LogP contribution in [0.3, 0.4) is 0 Å². The van der Waals surface area contributed by atoms with Crippen LogP contribution in [0.5, 0.6) is 5.75 Å². The zero-order chi connectivity index (χ0) is 33.1. The van der Waals surface area contributed by atoms with Gasteiger partial charge < -0.3 is 19.9 Å². The molecule has 11 nitrogen and oxygen atoms in total. The molecule has 1 unspecified atom stereocenters. The Labute approximate surface area is 262 Å². The molecular weight excluding hydrogens is 611 g/mol. The van der Waals surface area contributed by atoms with Gasteiger partial charge in [-0.1, -0.05) is 6.58 Å². The first-order valence-electron chi connectivity index (χ1n) is 14.0. The Morgan fingerprint density at radius 2 is 1.91 bits per heavy atom. The van der Waals surface area contributed by atoms with E-state index < -0.39 is 23.9 Å². The van der Waals surface area contributed by atoms with E-state index in [0.29, 0.717) is 36.3 Å². The number of rotatable bonds is 9. The van der Waals surface area contributed by atoms with Gasteiger partial charge in [-0.15, -0.1) is 11.3 Å². The number of nitrogens with one attached hydrogen (secondary N) is 1. The van der Waals surface area contributed by atoms with Crippen molar-refractivity contribution in [1.82, 2.24) is 29.7 Å². The summed E-state index contributed by atoms with van der Waals surface area (Å²) in [7, 11) is 3.26. The summed E-state index contributed by atoms with van der Waals surface area (Å²) >= 11 is 0.845. The zero-order valence-corrected chi connectivity index (χ0v) is 26.3. The molecule has 15 heteroatoms. The summed E-state index contributed by atoms with van der Waals surface area (Å²) in [5.74, 6) is -0.425. The van der Waals surface area contributed by atoms with Gasteiger partial charge in [-0.3, -0.25) is 19.3 Å². The minimum absolute atomic E-state index is 0.0963. The van der Waals surface area contributed by atoms with Crippen molar-refractivity contribution in [2.24, 2.45) is 0 Å². The SMILES string of the molecule is C=CC(=O)N1CCN(CC(Oc2cnc(C(=O)Nc3ncc(C(=O)N(C)C)cc3C)c(C)c2)c2nc(C(F)(F)F)cs2)C[C@H]1C. The Morgan fingerprint density at radius 1 is 1.18 bits per heavy atom. The Bertz CT molecular complexity index is 1590. The van der Waals surface area contributed by atoms with Crippen LogP contribution in [-0.2, 0) is 11.0 Å². The lowest BCUT2D eigenvalue weighted by Gasteiger charge is -2.40. The number of carbonyl (C=O) groups is 3. The van der Waals surface area contributed by atoms with Crippen LogP contribution in [0.4, 0.5) is 19.0 Å². The van der Waals surface area contributed by atoms with Gasteiger partial charge in [-0.05, 0) is 50.1 Å². The maximum absolute atomic E-state index is 13.4. The molecule has 1 N–H and O–H groups in total. The monoisotopic (exact) mass is 645 g/mol. The molecule has 1 saturated heterocycles. The minimum Gasteiger partial charge on any atom is -0.480 e. The van der Waals surface area contributed by atoms with Crippen LogP contribution < -0.4 is 10.1 Å². The number of carbonyl (C=O) groups excluding carboxylic acids is 3. The zero-order valence-electron chi connectivity index (χ0n) is 25.5. The van der Waals surface area contributed by atoms with E-state index in [9.17, 15) is 27.6 Å². The smallest absolute Gasteiger partial charge is 0.434 e. The summed E-state index contributed by atoms with van der Waals surface area (Å²) in [4.78, 5) is 54.9. The maximum atomic E-state index is 13.4. The quantitative estimate of drug-likeness (QED) is 0.341. The molecule has 2 atom stereocenters. The number of nitrogens with zero attached hydrogens (tertiary/aromatic N) is 6. The molecule has 3 amide bonds. The molecule has 0 aromatic carbocycles. The molecule has 0 bridgehead atoms. The molecule has 240 valence electrons. The van der Waals surface area contributed by atoms with Crippen molar-refractivity contribution in [2.75, 3.05) is 45.6 Å². The fourth-order valence-electron chi connectivity index (χ4n) is 4.87. The van der Waals surface area contributed by atoms with Crippen LogP contribution in [-0.4, -0.2) is 93.7 Å². The Hall–Kier alpha value is -4.37.